The number of fused-ring (bicyclic) bond motifs is 1. The molecule has 0 atom stereocenters. The van der Waals surface area contributed by atoms with Crippen LogP contribution in [0.4, 0.5) is 21.9 Å². The van der Waals surface area contributed by atoms with Crippen molar-refractivity contribution in [3.8, 4) is 34.1 Å². The molecule has 0 unspecified atom stereocenters. The monoisotopic (exact) mass is 551 g/mol. The first-order valence-corrected chi connectivity index (χ1v) is 12.1. The lowest BCUT2D eigenvalue weighted by molar-refractivity contribution is -0.385. The number of carbonyl (C=O) groups is 2. The molecule has 4 rings (SSSR count). The molecule has 0 saturated carbocycles. The number of hydrogen-bond acceptors (Lipinski definition) is 10. The maximum Gasteiger partial charge on any atom is 0.513 e. The second-order valence-electron chi connectivity index (χ2n) is 9.40. The lowest BCUT2D eigenvalue weighted by Crippen LogP contribution is -2.52. The van der Waals surface area contributed by atoms with Crippen LogP contribution in [0, 0.1) is 10.1 Å². The predicted molar refractivity (Wildman–Crippen MR) is 147 cm³/mol. The van der Waals surface area contributed by atoms with E-state index in [0.29, 0.717) is 39.6 Å². The normalized spacial score (nSPS) is 13.6. The average Bonchev–Trinajstić information content (AvgIpc) is 2.94. The average molecular weight is 552 g/mol. The third-order valence-electron chi connectivity index (χ3n) is 6.47. The Balaban J connectivity index is 1.87. The first-order valence-electron chi connectivity index (χ1n) is 12.1. The summed E-state index contributed by atoms with van der Waals surface area (Å²) in [7, 11) is 5.79. The van der Waals surface area contributed by atoms with Crippen LogP contribution in [0.15, 0.2) is 48.5 Å². The molecule has 3 aromatic rings. The Kier molecular flexibility index (Phi) is 7.71. The largest absolute Gasteiger partial charge is 0.513 e. The zero-order chi connectivity index (χ0) is 29.2. The molecule has 0 saturated heterocycles. The number of likely N-dealkylation sites (N-methyl/N-ethyl adjacent to an activating group) is 1. The van der Waals surface area contributed by atoms with E-state index in [1.165, 1.54) is 45.6 Å². The number of hydrogen-bond donors (Lipinski definition) is 1. The van der Waals surface area contributed by atoms with E-state index >= 15 is 0 Å². The van der Waals surface area contributed by atoms with Gasteiger partial charge in [0.05, 0.1) is 43.7 Å². The Hall–Kier alpha value is -5.00. The number of rotatable bonds is 8. The molecule has 0 aromatic heterocycles. The van der Waals surface area contributed by atoms with Crippen molar-refractivity contribution >= 4 is 29.1 Å². The molecule has 3 aromatic carbocycles. The SMILES string of the molecule is COC(=O)Oc1ccc(-c2ccc3c(c2COc2cc([N+](=O)[O-])ccc2OC)N(C)C(=O)C(C)(C)N3)c(OC)c1. The third-order valence-corrected chi connectivity index (χ3v) is 6.47. The van der Waals surface area contributed by atoms with Gasteiger partial charge in [0, 0.05) is 30.3 Å². The smallest absolute Gasteiger partial charge is 0.496 e. The standard InChI is InChI=1S/C28H29N3O9/c1-28(2)26(32)30(3)25-20(15-39-24-13-16(31(34)35)7-12-22(24)36-4)18(10-11-21(25)29-28)19-9-8-17(14-23(19)37-5)40-27(33)38-6/h7-14,29H,15H2,1-6H3. The van der Waals surface area contributed by atoms with Crippen molar-refractivity contribution in [1.82, 2.24) is 0 Å². The van der Waals surface area contributed by atoms with Crippen LogP contribution in [0.1, 0.15) is 19.4 Å². The molecule has 1 N–H and O–H groups in total. The topological polar surface area (TPSA) is 139 Å². The van der Waals surface area contributed by atoms with Gasteiger partial charge in [-0.15, -0.1) is 0 Å². The van der Waals surface area contributed by atoms with E-state index in [-0.39, 0.29) is 29.7 Å². The fraction of sp³-hybridized carbons (Fsp3) is 0.286. The molecule has 12 heteroatoms. The van der Waals surface area contributed by atoms with Crippen molar-refractivity contribution in [3.05, 3.63) is 64.2 Å². The number of anilines is 2. The quantitative estimate of drug-likeness (QED) is 0.173. The van der Waals surface area contributed by atoms with Gasteiger partial charge in [-0.1, -0.05) is 6.07 Å². The third kappa shape index (κ3) is 5.28. The molecule has 1 heterocycles. The molecule has 0 aliphatic carbocycles. The van der Waals surface area contributed by atoms with E-state index in [0.717, 1.165) is 0 Å². The van der Waals surface area contributed by atoms with Crippen molar-refractivity contribution in [1.29, 1.82) is 0 Å². The molecular formula is C28H29N3O9. The van der Waals surface area contributed by atoms with E-state index in [4.69, 9.17) is 18.9 Å². The van der Waals surface area contributed by atoms with Crippen molar-refractivity contribution in [2.75, 3.05) is 38.6 Å². The Morgan fingerprint density at radius 2 is 1.68 bits per heavy atom. The van der Waals surface area contributed by atoms with E-state index in [1.54, 1.807) is 37.9 Å². The van der Waals surface area contributed by atoms with Crippen molar-refractivity contribution in [2.24, 2.45) is 0 Å². The lowest BCUT2D eigenvalue weighted by Gasteiger charge is -2.39. The molecule has 1 aliphatic heterocycles. The van der Waals surface area contributed by atoms with Crippen LogP contribution in [0.25, 0.3) is 11.1 Å². The maximum absolute atomic E-state index is 13.2. The van der Waals surface area contributed by atoms with Crippen LogP contribution in [0.2, 0.25) is 0 Å². The summed E-state index contributed by atoms with van der Waals surface area (Å²) >= 11 is 0. The summed E-state index contributed by atoms with van der Waals surface area (Å²) in [4.78, 5) is 37.3. The molecule has 210 valence electrons. The summed E-state index contributed by atoms with van der Waals surface area (Å²) < 4.78 is 26.8. The minimum Gasteiger partial charge on any atom is -0.496 e. The van der Waals surface area contributed by atoms with Crippen LogP contribution in [0.3, 0.4) is 0 Å². The van der Waals surface area contributed by atoms with Gasteiger partial charge in [0.2, 0.25) is 0 Å². The van der Waals surface area contributed by atoms with Gasteiger partial charge in [-0.3, -0.25) is 14.9 Å². The molecule has 0 fully saturated rings. The van der Waals surface area contributed by atoms with Crippen LogP contribution in [0.5, 0.6) is 23.0 Å². The van der Waals surface area contributed by atoms with Gasteiger partial charge in [-0.25, -0.2) is 4.79 Å². The van der Waals surface area contributed by atoms with Crippen LogP contribution >= 0.6 is 0 Å². The van der Waals surface area contributed by atoms with Gasteiger partial charge >= 0.3 is 6.16 Å². The molecular weight excluding hydrogens is 522 g/mol. The van der Waals surface area contributed by atoms with Crippen LogP contribution in [-0.2, 0) is 16.1 Å². The van der Waals surface area contributed by atoms with Gasteiger partial charge < -0.3 is 33.9 Å². The second kappa shape index (κ2) is 11.0. The summed E-state index contributed by atoms with van der Waals surface area (Å²) in [6.07, 6.45) is -0.877. The number of ether oxygens (including phenoxy) is 5. The van der Waals surface area contributed by atoms with Gasteiger partial charge in [-0.2, -0.15) is 0 Å². The number of non-ortho nitro benzene ring substituents is 1. The van der Waals surface area contributed by atoms with Crippen LogP contribution < -0.4 is 29.2 Å². The number of benzene rings is 3. The Labute approximate surface area is 230 Å². The molecule has 0 bridgehead atoms. The summed E-state index contributed by atoms with van der Waals surface area (Å²) in [5.74, 6) is 0.892. The fourth-order valence-corrected chi connectivity index (χ4v) is 4.57. The zero-order valence-electron chi connectivity index (χ0n) is 22.9. The first-order chi connectivity index (χ1) is 19.0. The Bertz CT molecular complexity index is 1490. The summed E-state index contributed by atoms with van der Waals surface area (Å²) in [5, 5.41) is 14.7. The number of nitro groups is 1. The number of nitrogens with zero attached hydrogens (tertiary/aromatic N) is 2. The number of nitro benzene ring substituents is 1. The molecule has 0 spiro atoms. The Morgan fingerprint density at radius 1 is 0.975 bits per heavy atom. The zero-order valence-corrected chi connectivity index (χ0v) is 22.9. The lowest BCUT2D eigenvalue weighted by atomic mass is 9.91. The fourth-order valence-electron chi connectivity index (χ4n) is 4.57. The number of methoxy groups -OCH3 is 3. The minimum atomic E-state index is -0.877. The van der Waals surface area contributed by atoms with E-state index in [9.17, 15) is 19.7 Å². The highest BCUT2D eigenvalue weighted by molar-refractivity contribution is 6.08. The van der Waals surface area contributed by atoms with Crippen molar-refractivity contribution in [3.63, 3.8) is 0 Å². The van der Waals surface area contributed by atoms with Crippen LogP contribution in [-0.4, -0.2) is 50.9 Å². The van der Waals surface area contributed by atoms with Gasteiger partial charge in [0.1, 0.15) is 23.6 Å². The highest BCUT2D eigenvalue weighted by Crippen LogP contribution is 2.45. The summed E-state index contributed by atoms with van der Waals surface area (Å²) in [6.45, 7) is 3.49. The summed E-state index contributed by atoms with van der Waals surface area (Å²) in [5.41, 5.74) is 2.14. The van der Waals surface area contributed by atoms with Crippen molar-refractivity contribution in [2.45, 2.75) is 26.0 Å². The van der Waals surface area contributed by atoms with E-state index in [2.05, 4.69) is 10.1 Å². The van der Waals surface area contributed by atoms with E-state index in [1.807, 2.05) is 12.1 Å². The Morgan fingerprint density at radius 3 is 2.33 bits per heavy atom. The van der Waals surface area contributed by atoms with Gasteiger partial charge in [-0.05, 0) is 43.7 Å². The maximum atomic E-state index is 13.2. The second-order valence-corrected chi connectivity index (χ2v) is 9.40. The van der Waals surface area contributed by atoms with E-state index < -0.39 is 16.6 Å². The van der Waals surface area contributed by atoms with Gasteiger partial charge in [0.15, 0.2) is 11.5 Å². The molecule has 40 heavy (non-hydrogen) atoms. The van der Waals surface area contributed by atoms with Gasteiger partial charge in [0.25, 0.3) is 11.6 Å². The number of amides is 1. The number of nitrogens with one attached hydrogen (secondary N) is 1. The minimum absolute atomic E-state index is 0.0840. The number of carbonyl (C=O) groups excluding carboxylic acids is 2. The molecule has 1 aliphatic rings. The molecule has 1 amide bonds. The van der Waals surface area contributed by atoms with Crippen molar-refractivity contribution < 1.29 is 38.2 Å². The molecule has 0 radical (unpaired) electrons. The highest BCUT2D eigenvalue weighted by Gasteiger charge is 2.39. The summed E-state index contributed by atoms with van der Waals surface area (Å²) in [6, 6.07) is 12.6. The first kappa shape index (κ1) is 28.0. The predicted octanol–water partition coefficient (Wildman–Crippen LogP) is 5.17. The highest BCUT2D eigenvalue weighted by atomic mass is 16.7. The molecule has 12 nitrogen and oxygen atoms in total.